The van der Waals surface area contributed by atoms with Crippen molar-refractivity contribution in [3.63, 3.8) is 0 Å². The highest BCUT2D eigenvalue weighted by molar-refractivity contribution is 6.30. The lowest BCUT2D eigenvalue weighted by molar-refractivity contribution is -0.142. The van der Waals surface area contributed by atoms with Crippen LogP contribution in [0, 0.1) is 11.8 Å². The Morgan fingerprint density at radius 1 is 1.00 bits per heavy atom. The van der Waals surface area contributed by atoms with Crippen LogP contribution in [0.4, 0.5) is 10.5 Å². The number of nitrogens with one attached hydrogen (secondary N) is 3. The van der Waals surface area contributed by atoms with E-state index in [0.29, 0.717) is 23.6 Å². The number of aliphatic carboxylic acids is 1. The van der Waals surface area contributed by atoms with Gasteiger partial charge in [0.2, 0.25) is 5.91 Å². The molecule has 150 valence electrons. The summed E-state index contributed by atoms with van der Waals surface area (Å²) >= 11 is 5.89. The maximum absolute atomic E-state index is 12.6. The molecule has 0 spiro atoms. The van der Waals surface area contributed by atoms with Crippen LogP contribution in [0.2, 0.25) is 5.02 Å². The number of carboxylic acids is 1. The molecule has 0 radical (unpaired) electrons. The Labute approximate surface area is 164 Å². The zero-order valence-electron chi connectivity index (χ0n) is 16.1. The van der Waals surface area contributed by atoms with Gasteiger partial charge < -0.3 is 21.1 Å². The van der Waals surface area contributed by atoms with Crippen LogP contribution in [-0.2, 0) is 9.59 Å². The first kappa shape index (κ1) is 22.8. The topological polar surface area (TPSA) is 108 Å². The second-order valence-corrected chi connectivity index (χ2v) is 7.76. The van der Waals surface area contributed by atoms with Gasteiger partial charge in [0.1, 0.15) is 12.1 Å². The Morgan fingerprint density at radius 2 is 1.59 bits per heavy atom. The third kappa shape index (κ3) is 8.77. The molecular weight excluding hydrogens is 370 g/mol. The molecule has 0 heterocycles. The maximum atomic E-state index is 12.6. The van der Waals surface area contributed by atoms with Crippen molar-refractivity contribution in [2.45, 2.75) is 52.6 Å². The lowest BCUT2D eigenvalue weighted by Crippen LogP contribution is -2.53. The molecule has 0 unspecified atom stereocenters. The molecule has 4 N–H and O–H groups in total. The number of hydrogen-bond donors (Lipinski definition) is 4. The summed E-state index contributed by atoms with van der Waals surface area (Å²) in [6, 6.07) is 4.23. The minimum Gasteiger partial charge on any atom is -0.480 e. The molecule has 27 heavy (non-hydrogen) atoms. The number of halogens is 1. The normalized spacial score (nSPS) is 13.1. The van der Waals surface area contributed by atoms with Gasteiger partial charge in [-0.15, -0.1) is 0 Å². The fourth-order valence-electron chi connectivity index (χ4n) is 2.56. The summed E-state index contributed by atoms with van der Waals surface area (Å²) in [5.74, 6) is -1.38. The van der Waals surface area contributed by atoms with Gasteiger partial charge in [0.15, 0.2) is 0 Å². The Balaban J connectivity index is 2.79. The molecule has 8 heteroatoms. The van der Waals surface area contributed by atoms with Crippen LogP contribution in [0.5, 0.6) is 0 Å². The number of carbonyl (C=O) groups is 3. The van der Waals surface area contributed by atoms with Gasteiger partial charge >= 0.3 is 12.0 Å². The predicted molar refractivity (Wildman–Crippen MR) is 106 cm³/mol. The number of hydrogen-bond acceptors (Lipinski definition) is 3. The number of urea groups is 1. The molecule has 3 amide bonds. The number of carbonyl (C=O) groups excluding carboxylic acids is 2. The molecule has 0 aliphatic heterocycles. The molecule has 0 bridgehead atoms. The molecule has 1 aromatic rings. The van der Waals surface area contributed by atoms with E-state index in [4.69, 9.17) is 11.6 Å². The number of anilines is 1. The Hall–Kier alpha value is -2.28. The predicted octanol–water partition coefficient (Wildman–Crippen LogP) is 3.49. The smallest absolute Gasteiger partial charge is 0.326 e. The Bertz CT molecular complexity index is 664. The highest BCUT2D eigenvalue weighted by Crippen LogP contribution is 2.15. The fraction of sp³-hybridized carbons (Fsp3) is 0.526. The minimum atomic E-state index is -1.09. The van der Waals surface area contributed by atoms with Crippen LogP contribution in [-0.4, -0.2) is 35.1 Å². The molecule has 0 aromatic heterocycles. The number of benzene rings is 1. The first-order valence-corrected chi connectivity index (χ1v) is 9.32. The molecular formula is C19H28ClN3O4. The van der Waals surface area contributed by atoms with E-state index in [9.17, 15) is 19.5 Å². The average molecular weight is 398 g/mol. The number of rotatable bonds is 9. The molecule has 1 rings (SSSR count). The van der Waals surface area contributed by atoms with E-state index in [0.717, 1.165) is 0 Å². The van der Waals surface area contributed by atoms with Gasteiger partial charge in [0.05, 0.1) is 0 Å². The van der Waals surface area contributed by atoms with E-state index < -0.39 is 30.0 Å². The minimum absolute atomic E-state index is 0.106. The van der Waals surface area contributed by atoms with Crippen LogP contribution in [0.3, 0.4) is 0 Å². The molecule has 2 atom stereocenters. The molecule has 7 nitrogen and oxygen atoms in total. The highest BCUT2D eigenvalue weighted by Gasteiger charge is 2.27. The highest BCUT2D eigenvalue weighted by atomic mass is 35.5. The van der Waals surface area contributed by atoms with E-state index in [2.05, 4.69) is 16.0 Å². The molecule has 0 aliphatic carbocycles. The van der Waals surface area contributed by atoms with E-state index in [-0.39, 0.29) is 11.8 Å². The first-order valence-electron chi connectivity index (χ1n) is 8.94. The Morgan fingerprint density at radius 3 is 2.11 bits per heavy atom. The number of carboxylic acid groups (broad SMARTS) is 1. The van der Waals surface area contributed by atoms with Crippen molar-refractivity contribution in [2.75, 3.05) is 5.32 Å². The van der Waals surface area contributed by atoms with E-state index in [1.165, 1.54) is 0 Å². The van der Waals surface area contributed by atoms with E-state index in [1.807, 2.05) is 27.7 Å². The molecule has 0 aliphatic rings. The molecule has 0 saturated heterocycles. The van der Waals surface area contributed by atoms with Crippen LogP contribution in [0.25, 0.3) is 0 Å². The van der Waals surface area contributed by atoms with Gasteiger partial charge in [-0.2, -0.15) is 0 Å². The van der Waals surface area contributed by atoms with Crippen molar-refractivity contribution in [2.24, 2.45) is 11.8 Å². The van der Waals surface area contributed by atoms with E-state index in [1.54, 1.807) is 24.3 Å². The van der Waals surface area contributed by atoms with Crippen molar-refractivity contribution in [1.29, 1.82) is 0 Å². The third-order valence-corrected chi connectivity index (χ3v) is 3.97. The fourth-order valence-corrected chi connectivity index (χ4v) is 2.75. The van der Waals surface area contributed by atoms with Crippen molar-refractivity contribution in [3.05, 3.63) is 29.3 Å². The van der Waals surface area contributed by atoms with Gasteiger partial charge in [-0.05, 0) is 42.9 Å². The van der Waals surface area contributed by atoms with Gasteiger partial charge in [-0.3, -0.25) is 4.79 Å². The molecule has 1 aromatic carbocycles. The standard InChI is InChI=1S/C19H28ClN3O4/c1-11(2)8-15(17(24)22-16(18(25)26)9-12(3)4)23-19(27)21-14-7-5-6-13(20)10-14/h5-7,10-12,15-16H,8-9H2,1-4H3,(H,22,24)(H,25,26)(H2,21,23,27)/t15-,16-/m1/s1. The maximum Gasteiger partial charge on any atom is 0.326 e. The quantitative estimate of drug-likeness (QED) is 0.511. The Kier molecular flexibility index (Phi) is 9.08. The second-order valence-electron chi connectivity index (χ2n) is 7.32. The van der Waals surface area contributed by atoms with Crippen molar-refractivity contribution in [3.8, 4) is 0 Å². The van der Waals surface area contributed by atoms with Crippen LogP contribution < -0.4 is 16.0 Å². The lowest BCUT2D eigenvalue weighted by atomic mass is 10.0. The first-order chi connectivity index (χ1) is 12.6. The van der Waals surface area contributed by atoms with Crippen molar-refractivity contribution < 1.29 is 19.5 Å². The summed E-state index contributed by atoms with van der Waals surface area (Å²) in [6.07, 6.45) is 0.687. The zero-order chi connectivity index (χ0) is 20.6. The summed E-state index contributed by atoms with van der Waals surface area (Å²) in [5, 5.41) is 17.5. The summed E-state index contributed by atoms with van der Waals surface area (Å²) in [7, 11) is 0. The SMILES string of the molecule is CC(C)C[C@@H](NC(=O)[C@@H](CC(C)C)NC(=O)Nc1cccc(Cl)c1)C(=O)O. The third-order valence-electron chi connectivity index (χ3n) is 3.73. The average Bonchev–Trinajstić information content (AvgIpc) is 2.52. The van der Waals surface area contributed by atoms with Crippen molar-refractivity contribution >= 4 is 35.2 Å². The zero-order valence-corrected chi connectivity index (χ0v) is 16.8. The monoisotopic (exact) mass is 397 g/mol. The van der Waals surface area contributed by atoms with Gasteiger partial charge in [0.25, 0.3) is 0 Å². The van der Waals surface area contributed by atoms with Gasteiger partial charge in [0, 0.05) is 10.7 Å². The molecule has 0 fully saturated rings. The van der Waals surface area contributed by atoms with Gasteiger partial charge in [-0.1, -0.05) is 45.4 Å². The van der Waals surface area contributed by atoms with Crippen molar-refractivity contribution in [1.82, 2.24) is 10.6 Å². The summed E-state index contributed by atoms with van der Waals surface area (Å²) in [6.45, 7) is 7.59. The largest absolute Gasteiger partial charge is 0.480 e. The van der Waals surface area contributed by atoms with E-state index >= 15 is 0 Å². The second kappa shape index (κ2) is 10.8. The van der Waals surface area contributed by atoms with Crippen LogP contribution >= 0.6 is 11.6 Å². The molecule has 0 saturated carbocycles. The van der Waals surface area contributed by atoms with Crippen LogP contribution in [0.15, 0.2) is 24.3 Å². The summed E-state index contributed by atoms with van der Waals surface area (Å²) in [5.41, 5.74) is 0.493. The number of amides is 3. The lowest BCUT2D eigenvalue weighted by Gasteiger charge is -2.23. The summed E-state index contributed by atoms with van der Waals surface area (Å²) < 4.78 is 0. The van der Waals surface area contributed by atoms with Crippen LogP contribution in [0.1, 0.15) is 40.5 Å². The van der Waals surface area contributed by atoms with Gasteiger partial charge in [-0.25, -0.2) is 9.59 Å². The summed E-state index contributed by atoms with van der Waals surface area (Å²) in [4.78, 5) is 36.2.